The van der Waals surface area contributed by atoms with Gasteiger partial charge in [0.1, 0.15) is 18.1 Å². The summed E-state index contributed by atoms with van der Waals surface area (Å²) in [7, 11) is 0. The van der Waals surface area contributed by atoms with Crippen LogP contribution in [0.5, 0.6) is 11.5 Å². The molecule has 0 heterocycles. The highest BCUT2D eigenvalue weighted by Gasteiger charge is 2.05. The second-order valence-corrected chi connectivity index (χ2v) is 5.37. The van der Waals surface area contributed by atoms with Gasteiger partial charge in [-0.1, -0.05) is 24.3 Å². The van der Waals surface area contributed by atoms with E-state index in [0.29, 0.717) is 40.9 Å². The number of amides is 1. The Kier molecular flexibility index (Phi) is 7.04. The summed E-state index contributed by atoms with van der Waals surface area (Å²) in [6, 6.07) is 12.0. The Morgan fingerprint density at radius 3 is 2.68 bits per heavy atom. The molecule has 0 aliphatic carbocycles. The van der Waals surface area contributed by atoms with E-state index in [9.17, 15) is 4.79 Å². The third kappa shape index (κ3) is 5.65. The first-order valence-electron chi connectivity index (χ1n) is 7.73. The van der Waals surface area contributed by atoms with Gasteiger partial charge in [0.15, 0.2) is 0 Å². The summed E-state index contributed by atoms with van der Waals surface area (Å²) in [4.78, 5) is 12.1. The summed E-state index contributed by atoms with van der Waals surface area (Å²) in [5, 5.41) is 4.51. The number of hydrogen-bond acceptors (Lipinski definition) is 4. The molecule has 2 rings (SSSR count). The highest BCUT2D eigenvalue weighted by molar-refractivity contribution is 6.30. The van der Waals surface area contributed by atoms with Crippen molar-refractivity contribution >= 4 is 23.7 Å². The number of halogens is 1. The Hall–Kier alpha value is -2.79. The van der Waals surface area contributed by atoms with Gasteiger partial charge in [-0.15, -0.1) is 0 Å². The predicted molar refractivity (Wildman–Crippen MR) is 99.8 cm³/mol. The zero-order valence-electron chi connectivity index (χ0n) is 13.9. The Balaban J connectivity index is 2.03. The van der Waals surface area contributed by atoms with Gasteiger partial charge in [-0.2, -0.15) is 5.10 Å². The number of nitrogens with one attached hydrogen (secondary N) is 1. The van der Waals surface area contributed by atoms with Gasteiger partial charge in [0.05, 0.1) is 12.8 Å². The smallest absolute Gasteiger partial charge is 0.271 e. The monoisotopic (exact) mass is 358 g/mol. The van der Waals surface area contributed by atoms with Crippen molar-refractivity contribution in [3.63, 3.8) is 0 Å². The number of hydrogen-bond donors (Lipinski definition) is 1. The van der Waals surface area contributed by atoms with Crippen molar-refractivity contribution < 1.29 is 14.3 Å². The molecular weight excluding hydrogens is 340 g/mol. The average Bonchev–Trinajstić information content (AvgIpc) is 2.62. The van der Waals surface area contributed by atoms with Crippen LogP contribution in [0.4, 0.5) is 0 Å². The van der Waals surface area contributed by atoms with E-state index in [1.54, 1.807) is 48.5 Å². The summed E-state index contributed by atoms with van der Waals surface area (Å²) < 4.78 is 10.9. The van der Waals surface area contributed by atoms with Gasteiger partial charge < -0.3 is 9.47 Å². The van der Waals surface area contributed by atoms with Crippen LogP contribution < -0.4 is 14.9 Å². The average molecular weight is 359 g/mol. The highest BCUT2D eigenvalue weighted by Crippen LogP contribution is 2.21. The zero-order valence-corrected chi connectivity index (χ0v) is 14.6. The van der Waals surface area contributed by atoms with E-state index in [1.807, 2.05) is 6.92 Å². The molecule has 2 aromatic rings. The van der Waals surface area contributed by atoms with Crippen molar-refractivity contribution in [3.05, 3.63) is 71.3 Å². The third-order valence-electron chi connectivity index (χ3n) is 3.13. The van der Waals surface area contributed by atoms with Crippen LogP contribution in [0, 0.1) is 0 Å². The van der Waals surface area contributed by atoms with Gasteiger partial charge in [0, 0.05) is 16.1 Å². The fraction of sp³-hybridized carbons (Fsp3) is 0.158. The Labute approximate surface area is 151 Å². The summed E-state index contributed by atoms with van der Waals surface area (Å²) >= 11 is 5.99. The van der Waals surface area contributed by atoms with E-state index in [-0.39, 0.29) is 5.91 Å². The molecule has 2 aromatic carbocycles. The lowest BCUT2D eigenvalue weighted by Gasteiger charge is -2.07. The van der Waals surface area contributed by atoms with Crippen LogP contribution in [-0.2, 0) is 0 Å². The minimum absolute atomic E-state index is 0.324. The molecule has 0 bridgehead atoms. The first kappa shape index (κ1) is 18.5. The first-order valence-corrected chi connectivity index (χ1v) is 8.11. The molecule has 0 aromatic heterocycles. The molecule has 1 N–H and O–H groups in total. The zero-order chi connectivity index (χ0) is 18.1. The molecule has 0 unspecified atom stereocenters. The minimum atomic E-state index is -0.324. The lowest BCUT2D eigenvalue weighted by Crippen LogP contribution is -2.17. The number of nitrogens with zero attached hydrogens (tertiary/aromatic N) is 1. The fourth-order valence-corrected chi connectivity index (χ4v) is 2.18. The summed E-state index contributed by atoms with van der Waals surface area (Å²) in [6.45, 7) is 6.45. The molecule has 0 aliphatic heterocycles. The van der Waals surface area contributed by atoms with Crippen molar-refractivity contribution in [2.45, 2.75) is 6.92 Å². The maximum atomic E-state index is 12.1. The molecule has 6 heteroatoms. The van der Waals surface area contributed by atoms with Crippen molar-refractivity contribution in [1.82, 2.24) is 5.43 Å². The van der Waals surface area contributed by atoms with Crippen LogP contribution in [0.2, 0.25) is 5.02 Å². The van der Waals surface area contributed by atoms with Gasteiger partial charge in [0.25, 0.3) is 5.91 Å². The maximum Gasteiger partial charge on any atom is 0.271 e. The second kappa shape index (κ2) is 9.49. The number of ether oxygens (including phenoxy) is 2. The third-order valence-corrected chi connectivity index (χ3v) is 3.36. The number of hydrazone groups is 1. The summed E-state index contributed by atoms with van der Waals surface area (Å²) in [5.41, 5.74) is 3.61. The molecule has 0 atom stereocenters. The number of carbonyl (C=O) groups is 1. The molecular formula is C19H19ClN2O3. The highest BCUT2D eigenvalue weighted by atomic mass is 35.5. The molecule has 0 saturated carbocycles. The van der Waals surface area contributed by atoms with E-state index in [0.717, 1.165) is 0 Å². The normalized spacial score (nSPS) is 10.5. The van der Waals surface area contributed by atoms with Crippen molar-refractivity contribution in [3.8, 4) is 11.5 Å². The molecule has 0 saturated heterocycles. The Morgan fingerprint density at radius 2 is 2.00 bits per heavy atom. The maximum absolute atomic E-state index is 12.1. The summed E-state index contributed by atoms with van der Waals surface area (Å²) in [6.07, 6.45) is 3.12. The Morgan fingerprint density at radius 1 is 1.24 bits per heavy atom. The molecule has 1 amide bonds. The summed E-state index contributed by atoms with van der Waals surface area (Å²) in [5.74, 6) is 0.990. The topological polar surface area (TPSA) is 59.9 Å². The molecule has 0 spiro atoms. The molecule has 5 nitrogen and oxygen atoms in total. The van der Waals surface area contributed by atoms with Gasteiger partial charge in [-0.25, -0.2) is 5.43 Å². The lowest BCUT2D eigenvalue weighted by atomic mass is 10.2. The van der Waals surface area contributed by atoms with E-state index in [2.05, 4.69) is 17.1 Å². The van der Waals surface area contributed by atoms with Crippen LogP contribution >= 0.6 is 11.6 Å². The van der Waals surface area contributed by atoms with Gasteiger partial charge in [-0.3, -0.25) is 4.79 Å². The van der Waals surface area contributed by atoms with Crippen molar-refractivity contribution in [2.75, 3.05) is 13.2 Å². The number of rotatable bonds is 8. The van der Waals surface area contributed by atoms with Gasteiger partial charge in [0.2, 0.25) is 0 Å². The first-order chi connectivity index (χ1) is 12.1. The molecule has 25 heavy (non-hydrogen) atoms. The SMILES string of the molecule is C=CCOc1ccc(Cl)cc1/C=N\NC(=O)c1ccc(OCC)cc1. The minimum Gasteiger partial charge on any atom is -0.494 e. The predicted octanol–water partition coefficient (Wildman–Crippen LogP) is 4.07. The van der Waals surface area contributed by atoms with E-state index in [1.165, 1.54) is 6.21 Å². The van der Waals surface area contributed by atoms with Crippen LogP contribution in [0.15, 0.2) is 60.2 Å². The fourth-order valence-electron chi connectivity index (χ4n) is 1.99. The standard InChI is InChI=1S/C19H19ClN2O3/c1-3-11-25-18-10-7-16(20)12-15(18)13-21-22-19(23)14-5-8-17(9-6-14)24-4-2/h3,5-10,12-13H,1,4,11H2,2H3,(H,22,23)/b21-13-. The number of carbonyl (C=O) groups excluding carboxylic acids is 1. The second-order valence-electron chi connectivity index (χ2n) is 4.94. The molecule has 130 valence electrons. The quantitative estimate of drug-likeness (QED) is 0.439. The molecule has 0 radical (unpaired) electrons. The van der Waals surface area contributed by atoms with Gasteiger partial charge >= 0.3 is 0 Å². The van der Waals surface area contributed by atoms with E-state index >= 15 is 0 Å². The van der Waals surface area contributed by atoms with Gasteiger partial charge in [-0.05, 0) is 49.4 Å². The molecule has 0 aliphatic rings. The van der Waals surface area contributed by atoms with Crippen LogP contribution in [0.3, 0.4) is 0 Å². The van der Waals surface area contributed by atoms with Crippen molar-refractivity contribution in [1.29, 1.82) is 0 Å². The Bertz CT molecular complexity index is 758. The van der Waals surface area contributed by atoms with Crippen LogP contribution in [0.1, 0.15) is 22.8 Å². The van der Waals surface area contributed by atoms with E-state index in [4.69, 9.17) is 21.1 Å². The number of benzene rings is 2. The van der Waals surface area contributed by atoms with E-state index < -0.39 is 0 Å². The van der Waals surface area contributed by atoms with Crippen molar-refractivity contribution in [2.24, 2.45) is 5.10 Å². The van der Waals surface area contributed by atoms with Crippen LogP contribution in [0.25, 0.3) is 0 Å². The molecule has 0 fully saturated rings. The largest absolute Gasteiger partial charge is 0.494 e. The lowest BCUT2D eigenvalue weighted by molar-refractivity contribution is 0.0955. The van der Waals surface area contributed by atoms with Crippen LogP contribution in [-0.4, -0.2) is 25.3 Å².